The van der Waals surface area contributed by atoms with Crippen LogP contribution in [0.5, 0.6) is 17.2 Å². The Hall–Kier alpha value is -3.52. The largest absolute Gasteiger partial charge is 0.496 e. The summed E-state index contributed by atoms with van der Waals surface area (Å²) in [6.45, 7) is 0. The van der Waals surface area contributed by atoms with Gasteiger partial charge in [-0.25, -0.2) is 14.6 Å². The van der Waals surface area contributed by atoms with Crippen LogP contribution in [0.2, 0.25) is 15.1 Å². The van der Waals surface area contributed by atoms with Crippen LogP contribution in [0.1, 0.15) is 21.5 Å². The average molecular weight is 533 g/mol. The lowest BCUT2D eigenvalue weighted by Crippen LogP contribution is -2.10. The molecule has 0 N–H and O–H groups in total. The summed E-state index contributed by atoms with van der Waals surface area (Å²) in [7, 11) is 2.91. The van der Waals surface area contributed by atoms with E-state index in [1.807, 2.05) is 0 Å². The monoisotopic (exact) mass is 531 g/mol. The number of nitrogens with zero attached hydrogens (tertiary/aromatic N) is 1. The molecule has 0 spiro atoms. The minimum Gasteiger partial charge on any atom is -0.496 e. The number of aliphatic imine (C=N–C) groups is 1. The molecule has 0 unspecified atom stereocenters. The summed E-state index contributed by atoms with van der Waals surface area (Å²) < 4.78 is 21.4. The molecule has 0 fully saturated rings. The van der Waals surface area contributed by atoms with Crippen LogP contribution in [0, 0.1) is 0 Å². The lowest BCUT2D eigenvalue weighted by molar-refractivity contribution is -0.129. The van der Waals surface area contributed by atoms with Crippen LogP contribution in [-0.4, -0.2) is 32.1 Å². The first kappa shape index (κ1) is 24.6. The molecule has 7 nitrogen and oxygen atoms in total. The number of hydrogen-bond acceptors (Lipinski definition) is 7. The number of esters is 2. The Balaban J connectivity index is 1.60. The zero-order valence-electron chi connectivity index (χ0n) is 18.3. The highest BCUT2D eigenvalue weighted by atomic mass is 35.5. The van der Waals surface area contributed by atoms with E-state index in [-0.39, 0.29) is 33.7 Å². The number of methoxy groups -OCH3 is 2. The normalized spacial score (nSPS) is 13.9. The van der Waals surface area contributed by atoms with Crippen molar-refractivity contribution < 1.29 is 28.5 Å². The predicted octanol–water partition coefficient (Wildman–Crippen LogP) is 6.23. The molecule has 0 aromatic heterocycles. The van der Waals surface area contributed by atoms with Gasteiger partial charge in [-0.1, -0.05) is 40.9 Å². The molecule has 0 bridgehead atoms. The number of halogens is 3. The predicted molar refractivity (Wildman–Crippen MR) is 133 cm³/mol. The van der Waals surface area contributed by atoms with Crippen LogP contribution in [0.15, 0.2) is 65.3 Å². The van der Waals surface area contributed by atoms with E-state index in [1.54, 1.807) is 30.3 Å². The third-order valence-corrected chi connectivity index (χ3v) is 5.64. The minimum atomic E-state index is -0.680. The summed E-state index contributed by atoms with van der Waals surface area (Å²) in [6.07, 6.45) is 1.51. The molecule has 1 heterocycles. The van der Waals surface area contributed by atoms with Crippen LogP contribution in [-0.2, 0) is 9.53 Å². The average Bonchev–Trinajstić information content (AvgIpc) is 3.19. The van der Waals surface area contributed by atoms with Crippen molar-refractivity contribution in [3.8, 4) is 17.2 Å². The van der Waals surface area contributed by atoms with E-state index in [0.717, 1.165) is 0 Å². The Morgan fingerprint density at radius 3 is 2.29 bits per heavy atom. The van der Waals surface area contributed by atoms with Crippen LogP contribution < -0.4 is 14.2 Å². The lowest BCUT2D eigenvalue weighted by Gasteiger charge is -2.11. The highest BCUT2D eigenvalue weighted by Crippen LogP contribution is 2.32. The molecule has 35 heavy (non-hydrogen) atoms. The van der Waals surface area contributed by atoms with Gasteiger partial charge in [0.2, 0.25) is 5.90 Å². The molecule has 178 valence electrons. The Kier molecular flexibility index (Phi) is 7.31. The molecule has 0 aliphatic carbocycles. The van der Waals surface area contributed by atoms with Gasteiger partial charge in [0.25, 0.3) is 0 Å². The Bertz CT molecular complexity index is 1400. The number of hydrogen-bond donors (Lipinski definition) is 0. The second-order valence-electron chi connectivity index (χ2n) is 7.10. The van der Waals surface area contributed by atoms with Gasteiger partial charge in [-0.15, -0.1) is 0 Å². The molecule has 3 aromatic carbocycles. The van der Waals surface area contributed by atoms with Crippen molar-refractivity contribution in [1.82, 2.24) is 0 Å². The van der Waals surface area contributed by atoms with E-state index in [2.05, 4.69) is 4.99 Å². The van der Waals surface area contributed by atoms with Gasteiger partial charge in [0, 0.05) is 10.0 Å². The molecule has 3 aromatic rings. The number of carbonyl (C=O) groups excluding carboxylic acids is 2. The topological polar surface area (TPSA) is 83.4 Å². The summed E-state index contributed by atoms with van der Waals surface area (Å²) >= 11 is 18.0. The van der Waals surface area contributed by atoms with E-state index in [4.69, 9.17) is 53.8 Å². The van der Waals surface area contributed by atoms with E-state index >= 15 is 0 Å². The van der Waals surface area contributed by atoms with Crippen molar-refractivity contribution in [2.75, 3.05) is 14.2 Å². The number of benzene rings is 3. The molecule has 0 amide bonds. The Labute approximate surface area is 215 Å². The fraction of sp³-hybridized carbons (Fsp3) is 0.0800. The van der Waals surface area contributed by atoms with Crippen LogP contribution in [0.25, 0.3) is 6.08 Å². The number of cyclic esters (lactones) is 1. The minimum absolute atomic E-state index is 0.0572. The standard InChI is InChI=1S/C25H16Cl3NO6/c1-32-20-8-5-14(26)11-17(20)23-29-19(25(31)35-23)9-13-3-7-21(22(10-13)33-2)34-24(30)16-6-4-15(27)12-18(16)28/h3-12H,1-2H3/b19-9-. The van der Waals surface area contributed by atoms with Gasteiger partial charge in [0.1, 0.15) is 5.75 Å². The third-order valence-electron chi connectivity index (χ3n) is 4.86. The lowest BCUT2D eigenvalue weighted by atomic mass is 10.1. The van der Waals surface area contributed by atoms with Crippen molar-refractivity contribution in [1.29, 1.82) is 0 Å². The Morgan fingerprint density at radius 2 is 1.57 bits per heavy atom. The molecule has 0 saturated carbocycles. The zero-order chi connectivity index (χ0) is 25.1. The van der Waals surface area contributed by atoms with E-state index < -0.39 is 11.9 Å². The first-order valence-corrected chi connectivity index (χ1v) is 11.1. The summed E-state index contributed by atoms with van der Waals surface area (Å²) in [5, 5.41) is 0.992. The van der Waals surface area contributed by atoms with Gasteiger partial charge in [0.05, 0.1) is 30.4 Å². The van der Waals surface area contributed by atoms with Gasteiger partial charge in [-0.05, 0) is 60.2 Å². The zero-order valence-corrected chi connectivity index (χ0v) is 20.6. The molecule has 0 radical (unpaired) electrons. The van der Waals surface area contributed by atoms with Crippen molar-refractivity contribution in [3.63, 3.8) is 0 Å². The molecule has 10 heteroatoms. The van der Waals surface area contributed by atoms with Gasteiger partial charge >= 0.3 is 11.9 Å². The highest BCUT2D eigenvalue weighted by Gasteiger charge is 2.27. The van der Waals surface area contributed by atoms with Crippen molar-refractivity contribution >= 4 is 58.7 Å². The molecule has 1 aliphatic rings. The van der Waals surface area contributed by atoms with Crippen molar-refractivity contribution in [3.05, 3.63) is 92.1 Å². The highest BCUT2D eigenvalue weighted by molar-refractivity contribution is 6.36. The molecule has 0 atom stereocenters. The molecule has 1 aliphatic heterocycles. The quantitative estimate of drug-likeness (QED) is 0.213. The Morgan fingerprint density at radius 1 is 0.886 bits per heavy atom. The van der Waals surface area contributed by atoms with Crippen LogP contribution >= 0.6 is 34.8 Å². The molecular weight excluding hydrogens is 517 g/mol. The van der Waals surface area contributed by atoms with Crippen molar-refractivity contribution in [2.24, 2.45) is 4.99 Å². The number of rotatable bonds is 6. The van der Waals surface area contributed by atoms with E-state index in [9.17, 15) is 9.59 Å². The summed E-state index contributed by atoms with van der Waals surface area (Å²) in [5.74, 6) is -0.389. The molecule has 4 rings (SSSR count). The maximum atomic E-state index is 12.6. The maximum Gasteiger partial charge on any atom is 0.363 e. The SMILES string of the molecule is COc1cc(/C=C2\N=C(c3cc(Cl)ccc3OC)OC2=O)ccc1OC(=O)c1ccc(Cl)cc1Cl. The second kappa shape index (κ2) is 10.4. The van der Waals surface area contributed by atoms with Crippen LogP contribution in [0.4, 0.5) is 0 Å². The first-order chi connectivity index (χ1) is 16.8. The van der Waals surface area contributed by atoms with Gasteiger partial charge < -0.3 is 18.9 Å². The van der Waals surface area contributed by atoms with E-state index in [1.165, 1.54) is 44.6 Å². The summed E-state index contributed by atoms with van der Waals surface area (Å²) in [6, 6.07) is 14.1. The molecule has 0 saturated heterocycles. The summed E-state index contributed by atoms with van der Waals surface area (Å²) in [5.41, 5.74) is 1.21. The van der Waals surface area contributed by atoms with Gasteiger partial charge in [0.15, 0.2) is 17.2 Å². The van der Waals surface area contributed by atoms with Crippen LogP contribution in [0.3, 0.4) is 0 Å². The first-order valence-electron chi connectivity index (χ1n) is 10.0. The van der Waals surface area contributed by atoms with Gasteiger partial charge in [-0.2, -0.15) is 0 Å². The maximum absolute atomic E-state index is 12.6. The summed E-state index contributed by atoms with van der Waals surface area (Å²) in [4.78, 5) is 29.3. The third kappa shape index (κ3) is 5.43. The second-order valence-corrected chi connectivity index (χ2v) is 8.38. The fourth-order valence-electron chi connectivity index (χ4n) is 3.20. The number of ether oxygens (including phenoxy) is 4. The van der Waals surface area contributed by atoms with Crippen molar-refractivity contribution in [2.45, 2.75) is 0 Å². The number of carbonyl (C=O) groups is 2. The smallest absolute Gasteiger partial charge is 0.363 e. The molecular formula is C25H16Cl3NO6. The van der Waals surface area contributed by atoms with Gasteiger partial charge in [-0.3, -0.25) is 0 Å². The fourth-order valence-corrected chi connectivity index (χ4v) is 3.86. The van der Waals surface area contributed by atoms with E-state index in [0.29, 0.717) is 26.9 Å².